The van der Waals surface area contributed by atoms with Crippen LogP contribution in [0.3, 0.4) is 0 Å². The van der Waals surface area contributed by atoms with Gasteiger partial charge in [0.25, 0.3) is 0 Å². The zero-order chi connectivity index (χ0) is 76.7. The molecule has 0 aliphatic rings. The quantitative estimate of drug-likeness (QED) is 0.0888. The van der Waals surface area contributed by atoms with Gasteiger partial charge in [-0.05, 0) is 147 Å². The third-order valence-corrected chi connectivity index (χ3v) is 19.9. The zero-order valence-electron chi connectivity index (χ0n) is 60.9. The lowest BCUT2D eigenvalue weighted by atomic mass is 9.81. The van der Waals surface area contributed by atoms with E-state index in [4.69, 9.17) is 49.9 Å². The minimum Gasteiger partial charge on any atom is -0.423 e. The SMILES string of the molecule is Brc1cc(-c2ccccc2)cc(-c2nc(-c3ccccc3)nc(-c3cc(Br)cc(-c4ccccc4)c3)n2)c1.OB(O)c1ccc(-c2ccccc2)nc1.c1ccc(-c2cc(-c3ccc(-c4ccccc4)nc3)cc(-c3nc(-c4ccccc4)nc(-c4cc(-c5ccccc5)cc(-c5ccc(-c6ccccc6)nc5)c4)n3)c2)cc1. The molecule has 538 valence electrons. The Balaban J connectivity index is 0.000000153. The van der Waals surface area contributed by atoms with E-state index >= 15 is 0 Å². The van der Waals surface area contributed by atoms with Gasteiger partial charge in [0.1, 0.15) is 0 Å². The van der Waals surface area contributed by atoms with E-state index in [2.05, 4.69) is 231 Å². The van der Waals surface area contributed by atoms with Gasteiger partial charge in [-0.2, -0.15) is 0 Å². The molecule has 11 nitrogen and oxygen atoms in total. The standard InChI is InChI=1S/C55H37N5.C33H21Br2N3.C11H10BNO2/c1-6-16-38(17-7-1)45-30-47(43-26-28-51(56-36-43)40-20-10-3-11-21-40)34-49(32-45)54-58-53(42-24-14-5-15-25-42)59-55(60-54)50-33-46(39-18-8-2-9-19-39)31-48(35-50)44-27-29-52(57-37-44)41-22-12-4-13-23-41;34-29-18-25(22-10-4-1-5-11-22)16-27(20-29)32-36-31(24-14-8-3-9-15-24)37-33(38-32)28-17-26(19-30(35)21-28)23-12-6-2-7-13-23;14-12(15)10-6-7-11(13-8-10)9-4-2-1-3-5-9/h1-37H;1-21H;1-8,14-15H. The van der Waals surface area contributed by atoms with Gasteiger partial charge in [0.15, 0.2) is 34.9 Å². The predicted octanol–water partition coefficient (Wildman–Crippen LogP) is 23.8. The smallest absolute Gasteiger partial charge is 0.423 e. The first kappa shape index (κ1) is 73.4. The lowest BCUT2D eigenvalue weighted by Gasteiger charge is -2.14. The van der Waals surface area contributed by atoms with E-state index in [1.54, 1.807) is 12.1 Å². The molecule has 0 bridgehead atoms. The molecule has 0 saturated heterocycles. The van der Waals surface area contributed by atoms with E-state index in [1.165, 1.54) is 6.20 Å². The van der Waals surface area contributed by atoms with Crippen LogP contribution in [0.25, 0.3) is 169 Å². The Morgan fingerprint density at radius 1 is 0.177 bits per heavy atom. The highest BCUT2D eigenvalue weighted by Gasteiger charge is 2.20. The maximum atomic E-state index is 8.90. The fourth-order valence-electron chi connectivity index (χ4n) is 13.2. The van der Waals surface area contributed by atoms with Crippen molar-refractivity contribution in [3.63, 3.8) is 0 Å². The number of pyridine rings is 3. The lowest BCUT2D eigenvalue weighted by Crippen LogP contribution is -2.29. The fourth-order valence-corrected chi connectivity index (χ4v) is 14.2. The Labute approximate surface area is 673 Å². The molecule has 2 N–H and O–H groups in total. The van der Waals surface area contributed by atoms with Gasteiger partial charge in [-0.1, -0.05) is 323 Å². The maximum Gasteiger partial charge on any atom is 0.490 e. The molecular formula is C99H68BBr2N9O2. The van der Waals surface area contributed by atoms with Crippen molar-refractivity contribution in [2.75, 3.05) is 0 Å². The Morgan fingerprint density at radius 2 is 0.381 bits per heavy atom. The summed E-state index contributed by atoms with van der Waals surface area (Å²) in [6.07, 6.45) is 5.36. The van der Waals surface area contributed by atoms with Crippen LogP contribution in [-0.4, -0.2) is 62.0 Å². The molecule has 0 aliphatic heterocycles. The Hall–Kier alpha value is -13.7. The average molecular weight is 1590 g/mol. The van der Waals surface area contributed by atoms with Gasteiger partial charge in [0.05, 0.1) is 17.1 Å². The number of hydrogen-bond acceptors (Lipinski definition) is 11. The van der Waals surface area contributed by atoms with Crippen molar-refractivity contribution in [3.8, 4) is 169 Å². The minimum absolute atomic E-state index is 0.398. The number of rotatable bonds is 16. The van der Waals surface area contributed by atoms with Crippen molar-refractivity contribution >= 4 is 44.4 Å². The molecule has 113 heavy (non-hydrogen) atoms. The number of nitrogens with zero attached hydrogens (tertiary/aromatic N) is 9. The largest absolute Gasteiger partial charge is 0.490 e. The number of aromatic nitrogens is 9. The van der Waals surface area contributed by atoms with E-state index in [0.717, 1.165) is 143 Å². The summed E-state index contributed by atoms with van der Waals surface area (Å²) in [6.45, 7) is 0. The van der Waals surface area contributed by atoms with Crippen LogP contribution in [-0.2, 0) is 0 Å². The fraction of sp³-hybridized carbons (Fsp3) is 0. The van der Waals surface area contributed by atoms with Crippen LogP contribution in [0, 0.1) is 0 Å². The molecular weight excluding hydrogens is 1520 g/mol. The summed E-state index contributed by atoms with van der Waals surface area (Å²) in [5.41, 5.74) is 24.4. The van der Waals surface area contributed by atoms with Crippen molar-refractivity contribution in [2.45, 2.75) is 0 Å². The Kier molecular flexibility index (Phi) is 22.7. The van der Waals surface area contributed by atoms with Crippen LogP contribution >= 0.6 is 31.9 Å². The summed E-state index contributed by atoms with van der Waals surface area (Å²) in [7, 11) is -1.46. The first-order valence-corrected chi connectivity index (χ1v) is 38.4. The highest BCUT2D eigenvalue weighted by Crippen LogP contribution is 2.39. The first-order valence-electron chi connectivity index (χ1n) is 36.8. The molecule has 18 rings (SSSR count). The van der Waals surface area contributed by atoms with E-state index in [0.29, 0.717) is 40.4 Å². The van der Waals surface area contributed by atoms with Crippen molar-refractivity contribution in [2.24, 2.45) is 0 Å². The van der Waals surface area contributed by atoms with Crippen LogP contribution in [0.4, 0.5) is 0 Å². The van der Waals surface area contributed by atoms with E-state index in [1.807, 2.05) is 188 Å². The van der Waals surface area contributed by atoms with Gasteiger partial charge in [-0.3, -0.25) is 15.0 Å². The minimum atomic E-state index is -1.46. The topological polar surface area (TPSA) is 156 Å². The molecule has 0 radical (unpaired) electrons. The van der Waals surface area contributed by atoms with Crippen molar-refractivity contribution in [3.05, 3.63) is 410 Å². The average Bonchev–Trinajstić information content (AvgIpc) is 0.784. The molecule has 5 heterocycles. The zero-order valence-corrected chi connectivity index (χ0v) is 64.0. The van der Waals surface area contributed by atoms with Gasteiger partial charge in [-0.25, -0.2) is 29.9 Å². The van der Waals surface area contributed by atoms with Crippen LogP contribution in [0.2, 0.25) is 0 Å². The monoisotopic (exact) mass is 1580 g/mol. The summed E-state index contributed by atoms with van der Waals surface area (Å²) in [4.78, 5) is 44.4. The molecule has 18 aromatic rings. The molecule has 0 fully saturated rings. The summed E-state index contributed by atoms with van der Waals surface area (Å²) < 4.78 is 1.93. The maximum absolute atomic E-state index is 8.90. The van der Waals surface area contributed by atoms with Crippen LogP contribution < -0.4 is 5.46 Å². The molecule has 5 aromatic heterocycles. The molecule has 0 aliphatic carbocycles. The molecule has 0 atom stereocenters. The van der Waals surface area contributed by atoms with Crippen LogP contribution in [0.1, 0.15) is 0 Å². The Bertz CT molecular complexity index is 5940. The molecule has 0 unspecified atom stereocenters. The normalized spacial score (nSPS) is 10.8. The van der Waals surface area contributed by atoms with Gasteiger partial charge < -0.3 is 10.0 Å². The van der Waals surface area contributed by atoms with Gasteiger partial charge in [0, 0.05) is 94.2 Å². The molecule has 13 aromatic carbocycles. The molecule has 0 amide bonds. The second-order valence-corrected chi connectivity index (χ2v) is 28.5. The first-order chi connectivity index (χ1) is 55.6. The summed E-state index contributed by atoms with van der Waals surface area (Å²) in [5.74, 6) is 3.62. The lowest BCUT2D eigenvalue weighted by molar-refractivity contribution is 0.425. The molecule has 14 heteroatoms. The number of benzene rings is 13. The third kappa shape index (κ3) is 18.1. The van der Waals surface area contributed by atoms with E-state index in [9.17, 15) is 0 Å². The molecule has 0 saturated carbocycles. The van der Waals surface area contributed by atoms with Crippen LogP contribution in [0.15, 0.2) is 410 Å². The van der Waals surface area contributed by atoms with Gasteiger partial charge in [0.2, 0.25) is 0 Å². The predicted molar refractivity (Wildman–Crippen MR) is 466 cm³/mol. The van der Waals surface area contributed by atoms with Crippen LogP contribution in [0.5, 0.6) is 0 Å². The van der Waals surface area contributed by atoms with Gasteiger partial charge >= 0.3 is 7.12 Å². The highest BCUT2D eigenvalue weighted by molar-refractivity contribution is 9.10. The van der Waals surface area contributed by atoms with Gasteiger partial charge in [-0.15, -0.1) is 0 Å². The summed E-state index contributed by atoms with van der Waals surface area (Å²) in [6, 6.07) is 129. The van der Waals surface area contributed by atoms with E-state index < -0.39 is 7.12 Å². The van der Waals surface area contributed by atoms with Crippen molar-refractivity contribution < 1.29 is 10.0 Å². The molecule has 0 spiro atoms. The highest BCUT2D eigenvalue weighted by atomic mass is 79.9. The number of halogens is 2. The van der Waals surface area contributed by atoms with E-state index in [-0.39, 0.29) is 0 Å². The Morgan fingerprint density at radius 3 is 0.628 bits per heavy atom. The van der Waals surface area contributed by atoms with Crippen molar-refractivity contribution in [1.29, 1.82) is 0 Å². The summed E-state index contributed by atoms with van der Waals surface area (Å²) in [5, 5.41) is 17.8. The second kappa shape index (κ2) is 34.9. The third-order valence-electron chi connectivity index (χ3n) is 18.9. The number of hydrogen-bond donors (Lipinski definition) is 2. The second-order valence-electron chi connectivity index (χ2n) is 26.7. The van der Waals surface area contributed by atoms with Crippen molar-refractivity contribution in [1.82, 2.24) is 44.9 Å². The summed E-state index contributed by atoms with van der Waals surface area (Å²) >= 11 is 7.40.